The highest BCUT2D eigenvalue weighted by atomic mass is 16.3. The average molecular weight is 368 g/mol. The summed E-state index contributed by atoms with van der Waals surface area (Å²) in [5.41, 5.74) is 1.54. The van der Waals surface area contributed by atoms with Crippen molar-refractivity contribution in [3.8, 4) is 11.4 Å². The number of aromatic hydroxyl groups is 1. The Bertz CT molecular complexity index is 988. The summed E-state index contributed by atoms with van der Waals surface area (Å²) < 4.78 is 1.50. The van der Waals surface area contributed by atoms with Gasteiger partial charge < -0.3 is 20.1 Å². The highest BCUT2D eigenvalue weighted by Gasteiger charge is 2.15. The third-order valence-corrected chi connectivity index (χ3v) is 5.04. The van der Waals surface area contributed by atoms with Gasteiger partial charge in [0, 0.05) is 30.6 Å². The fourth-order valence-electron chi connectivity index (χ4n) is 3.65. The summed E-state index contributed by atoms with van der Waals surface area (Å²) in [5.74, 6) is 0.0896. The number of hydrogen-bond donors (Lipinski definition) is 4. The van der Waals surface area contributed by atoms with E-state index in [1.165, 1.54) is 29.5 Å². The quantitative estimate of drug-likeness (QED) is 0.497. The second-order valence-electron chi connectivity index (χ2n) is 6.96. The molecule has 1 saturated heterocycles. The van der Waals surface area contributed by atoms with Gasteiger partial charge in [-0.25, -0.2) is 0 Å². The van der Waals surface area contributed by atoms with E-state index in [0.29, 0.717) is 23.6 Å². The number of benzene rings is 1. The van der Waals surface area contributed by atoms with E-state index in [1.807, 2.05) is 6.07 Å². The molecule has 4 N–H and O–H groups in total. The van der Waals surface area contributed by atoms with Crippen molar-refractivity contribution in [1.82, 2.24) is 19.8 Å². The lowest BCUT2D eigenvalue weighted by atomic mass is 10.2. The van der Waals surface area contributed by atoms with Crippen molar-refractivity contribution >= 4 is 11.0 Å². The zero-order valence-corrected chi connectivity index (χ0v) is 15.1. The number of pyridine rings is 1. The SMILES string of the molecule is O=c1ccc2cc(C(O)NCCN3CCCC3)[nH]c2n1-c1cccc(O)c1. The van der Waals surface area contributed by atoms with Gasteiger partial charge in [-0.3, -0.25) is 14.7 Å². The fourth-order valence-corrected chi connectivity index (χ4v) is 3.65. The summed E-state index contributed by atoms with van der Waals surface area (Å²) in [6.45, 7) is 3.85. The Morgan fingerprint density at radius 2 is 1.96 bits per heavy atom. The smallest absolute Gasteiger partial charge is 0.256 e. The number of phenolic OH excluding ortho intramolecular Hbond substituents is 1. The normalized spacial score (nSPS) is 16.2. The minimum atomic E-state index is -0.840. The summed E-state index contributed by atoms with van der Waals surface area (Å²) in [6, 6.07) is 11.6. The summed E-state index contributed by atoms with van der Waals surface area (Å²) >= 11 is 0. The number of hydrogen-bond acceptors (Lipinski definition) is 5. The first-order valence-corrected chi connectivity index (χ1v) is 9.30. The van der Waals surface area contributed by atoms with E-state index < -0.39 is 6.23 Å². The maximum absolute atomic E-state index is 12.4. The Morgan fingerprint density at radius 3 is 2.74 bits per heavy atom. The number of nitrogens with zero attached hydrogens (tertiary/aromatic N) is 2. The number of aromatic nitrogens is 2. The molecular formula is C20H24N4O3. The van der Waals surface area contributed by atoms with Crippen LogP contribution in [0.3, 0.4) is 0 Å². The van der Waals surface area contributed by atoms with Crippen LogP contribution in [0.2, 0.25) is 0 Å². The topological polar surface area (TPSA) is 93.5 Å². The van der Waals surface area contributed by atoms with Crippen molar-refractivity contribution in [3.05, 3.63) is 58.5 Å². The van der Waals surface area contributed by atoms with Crippen molar-refractivity contribution in [2.45, 2.75) is 19.1 Å². The van der Waals surface area contributed by atoms with Gasteiger partial charge in [-0.05, 0) is 50.2 Å². The van der Waals surface area contributed by atoms with Gasteiger partial charge in [0.2, 0.25) is 0 Å². The van der Waals surface area contributed by atoms with Gasteiger partial charge in [-0.15, -0.1) is 0 Å². The van der Waals surface area contributed by atoms with E-state index in [-0.39, 0.29) is 11.3 Å². The monoisotopic (exact) mass is 368 g/mol. The lowest BCUT2D eigenvalue weighted by molar-refractivity contribution is 0.131. The van der Waals surface area contributed by atoms with E-state index in [4.69, 9.17) is 0 Å². The number of fused-ring (bicyclic) bond motifs is 1. The number of aliphatic hydroxyl groups excluding tert-OH is 1. The van der Waals surface area contributed by atoms with E-state index in [9.17, 15) is 15.0 Å². The van der Waals surface area contributed by atoms with Crippen LogP contribution >= 0.6 is 0 Å². The minimum absolute atomic E-state index is 0.0896. The second kappa shape index (κ2) is 7.56. The molecule has 7 nitrogen and oxygen atoms in total. The molecule has 0 aliphatic carbocycles. The maximum atomic E-state index is 12.4. The molecule has 2 aromatic heterocycles. The molecule has 0 spiro atoms. The summed E-state index contributed by atoms with van der Waals surface area (Å²) in [7, 11) is 0. The summed E-state index contributed by atoms with van der Waals surface area (Å²) in [6.07, 6.45) is 1.65. The van der Waals surface area contributed by atoms with E-state index >= 15 is 0 Å². The molecule has 0 amide bonds. The first-order chi connectivity index (χ1) is 13.1. The predicted octanol–water partition coefficient (Wildman–Crippen LogP) is 1.70. The molecule has 1 aliphatic rings. The van der Waals surface area contributed by atoms with E-state index in [2.05, 4.69) is 15.2 Å². The van der Waals surface area contributed by atoms with Crippen LogP contribution < -0.4 is 10.9 Å². The summed E-state index contributed by atoms with van der Waals surface area (Å²) in [5, 5.41) is 24.2. The van der Waals surface area contributed by atoms with Gasteiger partial charge in [0.25, 0.3) is 5.56 Å². The molecule has 3 heterocycles. The molecule has 7 heteroatoms. The molecule has 1 aliphatic heterocycles. The van der Waals surface area contributed by atoms with Crippen LogP contribution in [0.15, 0.2) is 47.3 Å². The molecule has 0 bridgehead atoms. The van der Waals surface area contributed by atoms with Crippen LogP contribution in [0.25, 0.3) is 16.7 Å². The number of phenols is 1. The average Bonchev–Trinajstić information content (AvgIpc) is 3.31. The van der Waals surface area contributed by atoms with Crippen molar-refractivity contribution in [2.24, 2.45) is 0 Å². The lowest BCUT2D eigenvalue weighted by Gasteiger charge is -2.17. The number of likely N-dealkylation sites (tertiary alicyclic amines) is 1. The molecule has 27 heavy (non-hydrogen) atoms. The number of aliphatic hydroxyl groups is 1. The number of H-pyrrole nitrogens is 1. The molecule has 1 atom stereocenters. The molecule has 0 radical (unpaired) electrons. The van der Waals surface area contributed by atoms with Crippen molar-refractivity contribution in [1.29, 1.82) is 0 Å². The lowest BCUT2D eigenvalue weighted by Crippen LogP contribution is -2.32. The van der Waals surface area contributed by atoms with Gasteiger partial charge in [0.1, 0.15) is 17.6 Å². The maximum Gasteiger partial charge on any atom is 0.256 e. The molecule has 1 unspecified atom stereocenters. The van der Waals surface area contributed by atoms with Crippen molar-refractivity contribution < 1.29 is 10.2 Å². The third kappa shape index (κ3) is 3.75. The van der Waals surface area contributed by atoms with Gasteiger partial charge in [-0.2, -0.15) is 0 Å². The van der Waals surface area contributed by atoms with Gasteiger partial charge in [-0.1, -0.05) is 6.07 Å². The molecular weight excluding hydrogens is 344 g/mol. The number of aromatic amines is 1. The zero-order valence-electron chi connectivity index (χ0n) is 15.1. The zero-order chi connectivity index (χ0) is 18.8. The first kappa shape index (κ1) is 17.8. The second-order valence-corrected chi connectivity index (χ2v) is 6.96. The predicted molar refractivity (Wildman–Crippen MR) is 104 cm³/mol. The molecule has 142 valence electrons. The third-order valence-electron chi connectivity index (χ3n) is 5.04. The summed E-state index contributed by atoms with van der Waals surface area (Å²) in [4.78, 5) is 18.0. The molecule has 1 fully saturated rings. The van der Waals surface area contributed by atoms with E-state index in [1.54, 1.807) is 24.3 Å². The number of rotatable bonds is 6. The van der Waals surface area contributed by atoms with Crippen molar-refractivity contribution in [3.63, 3.8) is 0 Å². The number of nitrogens with one attached hydrogen (secondary N) is 2. The highest BCUT2D eigenvalue weighted by molar-refractivity contribution is 5.78. The Hall–Kier alpha value is -2.61. The van der Waals surface area contributed by atoms with Crippen LogP contribution in [0, 0.1) is 0 Å². The van der Waals surface area contributed by atoms with Gasteiger partial charge in [0.15, 0.2) is 0 Å². The van der Waals surface area contributed by atoms with E-state index in [0.717, 1.165) is 25.0 Å². The highest BCUT2D eigenvalue weighted by Crippen LogP contribution is 2.22. The Balaban J connectivity index is 1.58. The molecule has 1 aromatic carbocycles. The van der Waals surface area contributed by atoms with Crippen LogP contribution in [0.5, 0.6) is 5.75 Å². The first-order valence-electron chi connectivity index (χ1n) is 9.30. The van der Waals surface area contributed by atoms with Crippen LogP contribution in [-0.4, -0.2) is 50.8 Å². The molecule has 0 saturated carbocycles. The van der Waals surface area contributed by atoms with Gasteiger partial charge >= 0.3 is 0 Å². The van der Waals surface area contributed by atoms with Crippen LogP contribution in [0.1, 0.15) is 24.8 Å². The Morgan fingerprint density at radius 1 is 1.15 bits per heavy atom. The van der Waals surface area contributed by atoms with Crippen LogP contribution in [0.4, 0.5) is 0 Å². The molecule has 4 rings (SSSR count). The fraction of sp³-hybridized carbons (Fsp3) is 0.350. The van der Waals surface area contributed by atoms with Gasteiger partial charge in [0.05, 0.1) is 11.4 Å². The standard InChI is InChI=1S/C20H24N4O3/c25-16-5-3-4-15(13-16)24-18(26)7-6-14-12-17(22-19(14)24)20(27)21-8-11-23-9-1-2-10-23/h3-7,12-13,20-22,25,27H,1-2,8-11H2. The Labute approximate surface area is 156 Å². The molecule has 3 aromatic rings. The Kier molecular flexibility index (Phi) is 4.98. The van der Waals surface area contributed by atoms with Crippen molar-refractivity contribution in [2.75, 3.05) is 26.2 Å². The minimum Gasteiger partial charge on any atom is -0.508 e. The largest absolute Gasteiger partial charge is 0.508 e. The van der Waals surface area contributed by atoms with Crippen LogP contribution in [-0.2, 0) is 0 Å².